The lowest BCUT2D eigenvalue weighted by Gasteiger charge is -2.17. The number of nitrogens with zero attached hydrogens (tertiary/aromatic N) is 2. The molecule has 0 N–H and O–H groups in total. The van der Waals surface area contributed by atoms with Gasteiger partial charge in [0.25, 0.3) is 0 Å². The van der Waals surface area contributed by atoms with Gasteiger partial charge in [0.05, 0.1) is 16.3 Å². The van der Waals surface area contributed by atoms with Crippen molar-refractivity contribution in [3.8, 4) is 0 Å². The van der Waals surface area contributed by atoms with Crippen LogP contribution in [0.5, 0.6) is 0 Å². The molecule has 0 unspecified atom stereocenters. The molecule has 0 aromatic carbocycles. The van der Waals surface area contributed by atoms with Crippen LogP contribution in [0.3, 0.4) is 0 Å². The predicted molar refractivity (Wildman–Crippen MR) is 75.1 cm³/mol. The molecule has 1 aliphatic rings. The molecule has 0 amide bonds. The molecule has 0 fully saturated rings. The van der Waals surface area contributed by atoms with Crippen LogP contribution in [0.2, 0.25) is 0 Å². The summed E-state index contributed by atoms with van der Waals surface area (Å²) in [5, 5.41) is 4.88. The van der Waals surface area contributed by atoms with Gasteiger partial charge in [-0.1, -0.05) is 5.16 Å². The molecular formula is C13H16N2O2S. The first-order valence-corrected chi connectivity index (χ1v) is 6.80. The molecule has 1 aliphatic heterocycles. The largest absolute Gasteiger partial charge is 0.367 e. The zero-order valence-electron chi connectivity index (χ0n) is 10.8. The molecule has 18 heavy (non-hydrogen) atoms. The quantitative estimate of drug-likeness (QED) is 0.620. The van der Waals surface area contributed by atoms with Gasteiger partial charge in [0.2, 0.25) is 0 Å². The summed E-state index contributed by atoms with van der Waals surface area (Å²) in [6.07, 6.45) is 1.84. The van der Waals surface area contributed by atoms with E-state index in [0.29, 0.717) is 11.3 Å². The minimum Gasteiger partial charge on any atom is -0.364 e. The SMILES string of the molecule is CCN(CC)c1ccc(/C=C2\C(=O)ON=C2C)s1. The summed E-state index contributed by atoms with van der Waals surface area (Å²) in [7, 11) is 0. The number of rotatable bonds is 4. The van der Waals surface area contributed by atoms with Crippen LogP contribution < -0.4 is 4.90 Å². The molecule has 0 atom stereocenters. The highest BCUT2D eigenvalue weighted by Gasteiger charge is 2.22. The number of anilines is 1. The number of carbonyl (C=O) groups is 1. The van der Waals surface area contributed by atoms with Crippen LogP contribution in [0.15, 0.2) is 22.9 Å². The average molecular weight is 264 g/mol. The maximum Gasteiger partial charge on any atom is 0.367 e. The fourth-order valence-electron chi connectivity index (χ4n) is 1.79. The molecule has 0 radical (unpaired) electrons. The molecule has 0 saturated heterocycles. The van der Waals surface area contributed by atoms with E-state index >= 15 is 0 Å². The fourth-order valence-corrected chi connectivity index (χ4v) is 2.86. The van der Waals surface area contributed by atoms with Gasteiger partial charge in [-0.3, -0.25) is 0 Å². The van der Waals surface area contributed by atoms with Crippen molar-refractivity contribution < 1.29 is 9.63 Å². The second kappa shape index (κ2) is 5.35. The number of carbonyl (C=O) groups excluding carboxylic acids is 1. The summed E-state index contributed by atoms with van der Waals surface area (Å²) in [6.45, 7) is 8.00. The van der Waals surface area contributed by atoms with Crippen molar-refractivity contribution in [1.82, 2.24) is 0 Å². The smallest absolute Gasteiger partial charge is 0.364 e. The summed E-state index contributed by atoms with van der Waals surface area (Å²) in [4.78, 5) is 19.4. The Balaban J connectivity index is 2.23. The highest BCUT2D eigenvalue weighted by molar-refractivity contribution is 7.17. The number of hydrogen-bond donors (Lipinski definition) is 0. The van der Waals surface area contributed by atoms with Crippen molar-refractivity contribution in [2.75, 3.05) is 18.0 Å². The maximum absolute atomic E-state index is 11.4. The molecule has 1 aromatic rings. The van der Waals surface area contributed by atoms with Crippen molar-refractivity contribution in [3.05, 3.63) is 22.6 Å². The van der Waals surface area contributed by atoms with Crippen LogP contribution in [0.1, 0.15) is 25.6 Å². The normalized spacial score (nSPS) is 16.9. The van der Waals surface area contributed by atoms with Crippen LogP contribution in [0.25, 0.3) is 6.08 Å². The Morgan fingerprint density at radius 2 is 2.11 bits per heavy atom. The standard InChI is InChI=1S/C13H16N2O2S/c1-4-15(5-2)12-7-6-10(18-12)8-11-9(3)14-17-13(11)16/h6-8H,4-5H2,1-3H3/b11-8-. The van der Waals surface area contributed by atoms with E-state index in [1.165, 1.54) is 5.00 Å². The highest BCUT2D eigenvalue weighted by atomic mass is 32.1. The van der Waals surface area contributed by atoms with E-state index in [1.807, 2.05) is 12.1 Å². The Hall–Kier alpha value is -1.62. The van der Waals surface area contributed by atoms with Crippen molar-refractivity contribution >= 4 is 34.1 Å². The molecule has 0 spiro atoms. The molecule has 2 heterocycles. The molecule has 1 aromatic heterocycles. The molecule has 2 rings (SSSR count). The maximum atomic E-state index is 11.4. The van der Waals surface area contributed by atoms with Crippen LogP contribution in [-0.4, -0.2) is 24.8 Å². The van der Waals surface area contributed by atoms with Gasteiger partial charge in [-0.2, -0.15) is 0 Å². The van der Waals surface area contributed by atoms with Crippen LogP contribution in [0.4, 0.5) is 5.00 Å². The fraction of sp³-hybridized carbons (Fsp3) is 0.385. The Morgan fingerprint density at radius 3 is 2.67 bits per heavy atom. The van der Waals surface area contributed by atoms with Gasteiger partial charge < -0.3 is 9.74 Å². The first-order chi connectivity index (χ1) is 8.65. The zero-order valence-corrected chi connectivity index (χ0v) is 11.6. The van der Waals surface area contributed by atoms with Gasteiger partial charge in [-0.05, 0) is 39.0 Å². The van der Waals surface area contributed by atoms with Crippen molar-refractivity contribution in [1.29, 1.82) is 0 Å². The summed E-state index contributed by atoms with van der Waals surface area (Å²) < 4.78 is 0. The number of oxime groups is 1. The Kier molecular flexibility index (Phi) is 3.81. The van der Waals surface area contributed by atoms with Crippen molar-refractivity contribution in [3.63, 3.8) is 0 Å². The van der Waals surface area contributed by atoms with Crippen LogP contribution >= 0.6 is 11.3 Å². The third-order valence-electron chi connectivity index (χ3n) is 2.85. The van der Waals surface area contributed by atoms with E-state index in [2.05, 4.69) is 34.8 Å². The summed E-state index contributed by atoms with van der Waals surface area (Å²) in [5.74, 6) is -0.370. The van der Waals surface area contributed by atoms with Crippen LogP contribution in [0, 0.1) is 0 Å². The van der Waals surface area contributed by atoms with E-state index in [1.54, 1.807) is 18.3 Å². The van der Waals surface area contributed by atoms with Gasteiger partial charge >= 0.3 is 5.97 Å². The van der Waals surface area contributed by atoms with Gasteiger partial charge in [-0.25, -0.2) is 4.79 Å². The molecular weight excluding hydrogens is 248 g/mol. The molecule has 5 heteroatoms. The average Bonchev–Trinajstić information content (AvgIpc) is 2.93. The molecule has 0 saturated carbocycles. The highest BCUT2D eigenvalue weighted by Crippen LogP contribution is 2.28. The predicted octanol–water partition coefficient (Wildman–Crippen LogP) is 2.91. The van der Waals surface area contributed by atoms with Gasteiger partial charge in [0.1, 0.15) is 0 Å². The zero-order chi connectivity index (χ0) is 13.1. The second-order valence-electron chi connectivity index (χ2n) is 3.96. The molecule has 96 valence electrons. The Bertz CT molecular complexity index is 513. The van der Waals surface area contributed by atoms with Gasteiger partial charge in [-0.15, -0.1) is 11.3 Å². The number of hydrogen-bond acceptors (Lipinski definition) is 5. The first kappa shape index (κ1) is 12.8. The van der Waals surface area contributed by atoms with E-state index < -0.39 is 0 Å². The third-order valence-corrected chi connectivity index (χ3v) is 3.94. The van der Waals surface area contributed by atoms with Gasteiger partial charge in [0.15, 0.2) is 0 Å². The van der Waals surface area contributed by atoms with E-state index in [-0.39, 0.29) is 5.97 Å². The van der Waals surface area contributed by atoms with Crippen LogP contribution in [-0.2, 0) is 9.63 Å². The molecule has 4 nitrogen and oxygen atoms in total. The summed E-state index contributed by atoms with van der Waals surface area (Å²) >= 11 is 1.67. The van der Waals surface area contributed by atoms with E-state index in [0.717, 1.165) is 18.0 Å². The number of thiophene rings is 1. The summed E-state index contributed by atoms with van der Waals surface area (Å²) in [5.41, 5.74) is 1.18. The second-order valence-corrected chi connectivity index (χ2v) is 5.06. The molecule has 0 bridgehead atoms. The lowest BCUT2D eigenvalue weighted by atomic mass is 10.1. The minimum atomic E-state index is -0.370. The third kappa shape index (κ3) is 2.46. The first-order valence-electron chi connectivity index (χ1n) is 5.98. The monoisotopic (exact) mass is 264 g/mol. The lowest BCUT2D eigenvalue weighted by Crippen LogP contribution is -2.20. The minimum absolute atomic E-state index is 0.370. The van der Waals surface area contributed by atoms with Crippen molar-refractivity contribution in [2.45, 2.75) is 20.8 Å². The van der Waals surface area contributed by atoms with Crippen molar-refractivity contribution in [2.24, 2.45) is 5.16 Å². The topological polar surface area (TPSA) is 41.9 Å². The molecule has 0 aliphatic carbocycles. The summed E-state index contributed by atoms with van der Waals surface area (Å²) in [6, 6.07) is 4.10. The van der Waals surface area contributed by atoms with E-state index in [4.69, 9.17) is 0 Å². The Morgan fingerprint density at radius 1 is 1.39 bits per heavy atom. The Labute approximate surface area is 111 Å². The van der Waals surface area contributed by atoms with E-state index in [9.17, 15) is 4.79 Å². The van der Waals surface area contributed by atoms with Gasteiger partial charge in [0, 0.05) is 18.0 Å². The lowest BCUT2D eigenvalue weighted by molar-refractivity contribution is -0.136.